The van der Waals surface area contributed by atoms with Crippen LogP contribution in [0.5, 0.6) is 0 Å². The van der Waals surface area contributed by atoms with Gasteiger partial charge in [-0.15, -0.1) is 24.8 Å². The monoisotopic (exact) mass is 297 g/mol. The van der Waals surface area contributed by atoms with E-state index in [0.29, 0.717) is 11.9 Å². The van der Waals surface area contributed by atoms with Crippen molar-refractivity contribution in [2.45, 2.75) is 26.3 Å². The number of nitrogens with zero attached hydrogens (tertiary/aromatic N) is 2. The van der Waals surface area contributed by atoms with Gasteiger partial charge >= 0.3 is 0 Å². The molecule has 2 saturated heterocycles. The van der Waals surface area contributed by atoms with E-state index in [1.165, 1.54) is 0 Å². The quantitative estimate of drug-likeness (QED) is 0.826. The summed E-state index contributed by atoms with van der Waals surface area (Å²) in [6, 6.07) is 0.602. The van der Waals surface area contributed by atoms with Crippen LogP contribution in [0.2, 0.25) is 0 Å². The number of rotatable bonds is 2. The normalized spacial score (nSPS) is 24.6. The van der Waals surface area contributed by atoms with E-state index in [2.05, 4.69) is 29.0 Å². The number of carbonyl (C=O) groups excluding carboxylic acids is 1. The van der Waals surface area contributed by atoms with Gasteiger partial charge < -0.3 is 10.2 Å². The van der Waals surface area contributed by atoms with E-state index in [1.54, 1.807) is 0 Å². The minimum absolute atomic E-state index is 0. The lowest BCUT2D eigenvalue weighted by Gasteiger charge is -2.37. The lowest BCUT2D eigenvalue weighted by molar-refractivity contribution is -0.136. The summed E-state index contributed by atoms with van der Waals surface area (Å²) in [6.45, 7) is 10.2. The molecule has 2 aliphatic rings. The molecule has 0 aromatic carbocycles. The van der Waals surface area contributed by atoms with E-state index in [1.807, 2.05) is 0 Å². The number of amides is 1. The summed E-state index contributed by atoms with van der Waals surface area (Å²) in [5, 5.41) is 3.26. The number of carbonyl (C=O) groups is 1. The molecule has 0 saturated carbocycles. The smallest absolute Gasteiger partial charge is 0.227 e. The minimum atomic E-state index is 0. The average Bonchev–Trinajstić information content (AvgIpc) is 2.81. The fraction of sp³-hybridized carbons (Fsp3) is 0.917. The molecule has 1 N–H and O–H groups in total. The fourth-order valence-corrected chi connectivity index (χ4v) is 2.58. The zero-order valence-corrected chi connectivity index (χ0v) is 12.9. The summed E-state index contributed by atoms with van der Waals surface area (Å²) in [5.41, 5.74) is 0. The van der Waals surface area contributed by atoms with Crippen molar-refractivity contribution in [1.29, 1.82) is 0 Å². The Morgan fingerprint density at radius 2 is 1.78 bits per heavy atom. The highest BCUT2D eigenvalue weighted by atomic mass is 35.5. The van der Waals surface area contributed by atoms with Gasteiger partial charge in [-0.25, -0.2) is 0 Å². The lowest BCUT2D eigenvalue weighted by atomic mass is 10.1. The molecule has 2 heterocycles. The topological polar surface area (TPSA) is 35.6 Å². The highest BCUT2D eigenvalue weighted by Crippen LogP contribution is 2.14. The zero-order valence-electron chi connectivity index (χ0n) is 11.2. The van der Waals surface area contributed by atoms with E-state index >= 15 is 0 Å². The highest BCUT2D eigenvalue weighted by Gasteiger charge is 2.29. The van der Waals surface area contributed by atoms with Crippen molar-refractivity contribution >= 4 is 30.7 Å². The Morgan fingerprint density at radius 1 is 1.17 bits per heavy atom. The summed E-state index contributed by atoms with van der Waals surface area (Å²) in [4.78, 5) is 16.6. The maximum Gasteiger partial charge on any atom is 0.227 e. The van der Waals surface area contributed by atoms with Crippen LogP contribution in [-0.4, -0.2) is 61.0 Å². The first-order valence-electron chi connectivity index (χ1n) is 6.42. The Labute approximate surface area is 122 Å². The molecule has 6 heteroatoms. The van der Waals surface area contributed by atoms with Gasteiger partial charge in [-0.05, 0) is 26.8 Å². The van der Waals surface area contributed by atoms with Gasteiger partial charge in [-0.1, -0.05) is 0 Å². The Bertz CT molecular complexity index is 250. The minimum Gasteiger partial charge on any atom is -0.340 e. The van der Waals surface area contributed by atoms with Crippen molar-refractivity contribution in [2.24, 2.45) is 5.92 Å². The highest BCUT2D eigenvalue weighted by molar-refractivity contribution is 5.85. The maximum absolute atomic E-state index is 12.1. The van der Waals surface area contributed by atoms with Crippen LogP contribution in [0.4, 0.5) is 0 Å². The third-order valence-corrected chi connectivity index (χ3v) is 3.77. The molecular weight excluding hydrogens is 273 g/mol. The number of halogens is 2. The molecule has 2 rings (SSSR count). The molecule has 18 heavy (non-hydrogen) atoms. The summed E-state index contributed by atoms with van der Waals surface area (Å²) in [5.74, 6) is 0.610. The summed E-state index contributed by atoms with van der Waals surface area (Å²) >= 11 is 0. The third-order valence-electron chi connectivity index (χ3n) is 3.77. The number of hydrogen-bond acceptors (Lipinski definition) is 3. The molecule has 2 aliphatic heterocycles. The Balaban J connectivity index is 0.00000144. The molecule has 0 aromatic heterocycles. The van der Waals surface area contributed by atoms with Crippen molar-refractivity contribution in [3.63, 3.8) is 0 Å². The zero-order chi connectivity index (χ0) is 11.5. The van der Waals surface area contributed by atoms with E-state index in [4.69, 9.17) is 0 Å². The Kier molecular flexibility index (Phi) is 8.19. The maximum atomic E-state index is 12.1. The Morgan fingerprint density at radius 3 is 2.22 bits per heavy atom. The van der Waals surface area contributed by atoms with Crippen LogP contribution in [0.1, 0.15) is 20.3 Å². The van der Waals surface area contributed by atoms with E-state index < -0.39 is 0 Å². The van der Waals surface area contributed by atoms with Gasteiger partial charge in [0.2, 0.25) is 5.91 Å². The van der Waals surface area contributed by atoms with Crippen LogP contribution in [0.3, 0.4) is 0 Å². The number of piperazine rings is 1. The first kappa shape index (κ1) is 18.0. The van der Waals surface area contributed by atoms with Crippen LogP contribution in [0.15, 0.2) is 0 Å². The van der Waals surface area contributed by atoms with Crippen molar-refractivity contribution < 1.29 is 4.79 Å². The van der Waals surface area contributed by atoms with Gasteiger partial charge in [0.05, 0.1) is 5.92 Å². The number of nitrogens with one attached hydrogen (secondary N) is 1. The van der Waals surface area contributed by atoms with Crippen molar-refractivity contribution in [3.05, 3.63) is 0 Å². The molecular formula is C12H25Cl2N3O. The van der Waals surface area contributed by atoms with Crippen molar-refractivity contribution in [3.8, 4) is 0 Å². The van der Waals surface area contributed by atoms with Gasteiger partial charge in [-0.3, -0.25) is 9.69 Å². The molecule has 0 bridgehead atoms. The van der Waals surface area contributed by atoms with Crippen molar-refractivity contribution in [1.82, 2.24) is 15.1 Å². The van der Waals surface area contributed by atoms with Gasteiger partial charge in [0.15, 0.2) is 0 Å². The van der Waals surface area contributed by atoms with Crippen LogP contribution in [0.25, 0.3) is 0 Å². The fourth-order valence-electron chi connectivity index (χ4n) is 2.58. The third kappa shape index (κ3) is 4.26. The van der Waals surface area contributed by atoms with Gasteiger partial charge in [-0.2, -0.15) is 0 Å². The molecule has 0 unspecified atom stereocenters. The van der Waals surface area contributed by atoms with Crippen LogP contribution in [-0.2, 0) is 4.79 Å². The SMILES string of the molecule is CC(C)N1CCN(C(=O)[C@@H]2CCNC2)CC1.Cl.Cl. The van der Waals surface area contributed by atoms with Crippen molar-refractivity contribution in [2.75, 3.05) is 39.3 Å². The van der Waals surface area contributed by atoms with E-state index in [9.17, 15) is 4.79 Å². The van der Waals surface area contributed by atoms with Crippen LogP contribution >= 0.6 is 24.8 Å². The molecule has 1 atom stereocenters. The van der Waals surface area contributed by atoms with Gasteiger partial charge in [0, 0.05) is 38.8 Å². The molecule has 4 nitrogen and oxygen atoms in total. The van der Waals surface area contributed by atoms with Crippen LogP contribution < -0.4 is 5.32 Å². The van der Waals surface area contributed by atoms with E-state index in [0.717, 1.165) is 45.7 Å². The molecule has 0 spiro atoms. The first-order valence-corrected chi connectivity index (χ1v) is 6.42. The predicted molar refractivity (Wildman–Crippen MR) is 78.8 cm³/mol. The first-order chi connectivity index (χ1) is 7.68. The molecule has 0 radical (unpaired) electrons. The second-order valence-corrected chi connectivity index (χ2v) is 5.14. The molecule has 1 amide bonds. The molecule has 108 valence electrons. The largest absolute Gasteiger partial charge is 0.340 e. The summed E-state index contributed by atoms with van der Waals surface area (Å²) in [6.07, 6.45) is 1.02. The molecule has 0 aliphatic carbocycles. The van der Waals surface area contributed by atoms with Gasteiger partial charge in [0.25, 0.3) is 0 Å². The van der Waals surface area contributed by atoms with E-state index in [-0.39, 0.29) is 30.7 Å². The summed E-state index contributed by atoms with van der Waals surface area (Å²) in [7, 11) is 0. The molecule has 0 aromatic rings. The number of hydrogen-bond donors (Lipinski definition) is 1. The molecule has 2 fully saturated rings. The Hall–Kier alpha value is -0.0300. The predicted octanol–water partition coefficient (Wildman–Crippen LogP) is 0.992. The summed E-state index contributed by atoms with van der Waals surface area (Å²) < 4.78 is 0. The standard InChI is InChI=1S/C12H23N3O.2ClH/c1-10(2)14-5-7-15(8-6-14)12(16)11-3-4-13-9-11;;/h10-11,13H,3-9H2,1-2H3;2*1H/t11-;;/m1../s1. The van der Waals surface area contributed by atoms with Gasteiger partial charge in [0.1, 0.15) is 0 Å². The lowest BCUT2D eigenvalue weighted by Crippen LogP contribution is -2.52. The van der Waals surface area contributed by atoms with Crippen LogP contribution in [0, 0.1) is 5.92 Å². The average molecular weight is 298 g/mol. The second kappa shape index (κ2) is 8.20. The second-order valence-electron chi connectivity index (χ2n) is 5.14.